The van der Waals surface area contributed by atoms with Gasteiger partial charge in [-0.05, 0) is 13.8 Å². The molecule has 10 heavy (non-hydrogen) atoms. The zero-order valence-electron chi connectivity index (χ0n) is 6.56. The molecule has 0 aliphatic carbocycles. The van der Waals surface area contributed by atoms with Crippen LogP contribution in [-0.2, 0) is 4.79 Å². The summed E-state index contributed by atoms with van der Waals surface area (Å²) in [5.41, 5.74) is 3.78. The van der Waals surface area contributed by atoms with Crippen molar-refractivity contribution >= 4 is 11.5 Å². The summed E-state index contributed by atoms with van der Waals surface area (Å²) in [5.74, 6) is -0.0336. The van der Waals surface area contributed by atoms with Crippen molar-refractivity contribution in [3.63, 3.8) is 0 Å². The number of ketones is 1. The van der Waals surface area contributed by atoms with E-state index in [0.29, 0.717) is 5.71 Å². The molecule has 0 heterocycles. The van der Waals surface area contributed by atoms with Crippen LogP contribution in [0.15, 0.2) is 17.4 Å². The molecule has 0 rings (SSSR count). The Kier molecular flexibility index (Phi) is 3.39. The van der Waals surface area contributed by atoms with Gasteiger partial charge in [0.15, 0.2) is 5.78 Å². The highest BCUT2D eigenvalue weighted by atomic mass is 16.1. The largest absolute Gasteiger partial charge is 0.293 e. The molecule has 0 aliphatic rings. The number of nitrogens with one attached hydrogen (secondary N) is 1. The minimum absolute atomic E-state index is 0.0336. The molecule has 3 nitrogen and oxygen atoms in total. The molecular weight excluding hydrogens is 128 g/mol. The Morgan fingerprint density at radius 3 is 2.20 bits per heavy atom. The van der Waals surface area contributed by atoms with Gasteiger partial charge < -0.3 is 0 Å². The normalized spacial score (nSPS) is 10.9. The van der Waals surface area contributed by atoms with E-state index in [1.54, 1.807) is 13.8 Å². The van der Waals surface area contributed by atoms with E-state index in [1.165, 1.54) is 6.92 Å². The Balaban J connectivity index is 3.92. The van der Waals surface area contributed by atoms with E-state index in [-0.39, 0.29) is 5.78 Å². The van der Waals surface area contributed by atoms with E-state index >= 15 is 0 Å². The smallest absolute Gasteiger partial charge is 0.175 e. The summed E-state index contributed by atoms with van der Waals surface area (Å²) < 4.78 is 0. The average molecular weight is 140 g/mol. The molecule has 0 bridgehead atoms. The second-order valence-electron chi connectivity index (χ2n) is 2.15. The molecule has 3 heteroatoms. The third kappa shape index (κ3) is 3.83. The molecule has 0 spiro atoms. The predicted octanol–water partition coefficient (Wildman–Crippen LogP) is 1.07. The number of hydrazone groups is 1. The Morgan fingerprint density at radius 1 is 1.40 bits per heavy atom. The summed E-state index contributed by atoms with van der Waals surface area (Å²) in [6, 6.07) is 0. The fourth-order valence-electron chi connectivity index (χ4n) is 0.258. The number of carbonyl (C=O) groups is 1. The monoisotopic (exact) mass is 140 g/mol. The van der Waals surface area contributed by atoms with Crippen molar-refractivity contribution in [1.29, 1.82) is 0 Å². The van der Waals surface area contributed by atoms with Crippen LogP contribution in [0.5, 0.6) is 0 Å². The molecule has 1 N–H and O–H groups in total. The standard InChI is InChI=1S/C7H12N2O/c1-5(2)8-9-6(3)7(4)10/h8H,1H2,2-4H3. The Morgan fingerprint density at radius 2 is 1.90 bits per heavy atom. The molecule has 0 saturated heterocycles. The van der Waals surface area contributed by atoms with Crippen LogP contribution in [-0.4, -0.2) is 11.5 Å². The first kappa shape index (κ1) is 8.88. The molecule has 0 unspecified atom stereocenters. The van der Waals surface area contributed by atoms with Gasteiger partial charge in [0, 0.05) is 12.6 Å². The summed E-state index contributed by atoms with van der Waals surface area (Å²) in [6.07, 6.45) is 0. The quantitative estimate of drug-likeness (QED) is 0.470. The van der Waals surface area contributed by atoms with Crippen LogP contribution < -0.4 is 5.43 Å². The molecule has 0 atom stereocenters. The van der Waals surface area contributed by atoms with Crippen molar-refractivity contribution < 1.29 is 4.79 Å². The molecule has 0 aromatic heterocycles. The molecule has 0 aromatic rings. The summed E-state index contributed by atoms with van der Waals surface area (Å²) in [7, 11) is 0. The predicted molar refractivity (Wildman–Crippen MR) is 41.7 cm³/mol. The number of rotatable bonds is 3. The number of hydrogen-bond donors (Lipinski definition) is 1. The van der Waals surface area contributed by atoms with E-state index in [4.69, 9.17) is 0 Å². The van der Waals surface area contributed by atoms with Crippen molar-refractivity contribution in [3.05, 3.63) is 12.3 Å². The Labute approximate surface area is 60.8 Å². The third-order valence-corrected chi connectivity index (χ3v) is 0.924. The number of nitrogens with zero attached hydrogens (tertiary/aromatic N) is 1. The van der Waals surface area contributed by atoms with E-state index in [0.717, 1.165) is 5.70 Å². The maximum absolute atomic E-state index is 10.6. The Bertz CT molecular complexity index is 182. The van der Waals surface area contributed by atoms with Crippen LogP contribution in [0.4, 0.5) is 0 Å². The van der Waals surface area contributed by atoms with Crippen molar-refractivity contribution in [3.8, 4) is 0 Å². The minimum atomic E-state index is -0.0336. The van der Waals surface area contributed by atoms with Gasteiger partial charge >= 0.3 is 0 Å². The maximum atomic E-state index is 10.6. The molecule has 0 amide bonds. The van der Waals surface area contributed by atoms with Gasteiger partial charge in [0.1, 0.15) is 5.71 Å². The van der Waals surface area contributed by atoms with Crippen LogP contribution >= 0.6 is 0 Å². The van der Waals surface area contributed by atoms with Gasteiger partial charge in [-0.3, -0.25) is 10.2 Å². The third-order valence-electron chi connectivity index (χ3n) is 0.924. The molecule has 56 valence electrons. The topological polar surface area (TPSA) is 41.5 Å². The molecule has 0 aromatic carbocycles. The second-order valence-corrected chi connectivity index (χ2v) is 2.15. The van der Waals surface area contributed by atoms with Gasteiger partial charge in [0.2, 0.25) is 0 Å². The van der Waals surface area contributed by atoms with Gasteiger partial charge in [0.05, 0.1) is 0 Å². The lowest BCUT2D eigenvalue weighted by molar-refractivity contribution is -0.111. The first-order chi connectivity index (χ1) is 4.54. The summed E-state index contributed by atoms with van der Waals surface area (Å²) >= 11 is 0. The number of allylic oxidation sites excluding steroid dienone is 1. The van der Waals surface area contributed by atoms with Crippen LogP contribution in [0, 0.1) is 0 Å². The Hall–Kier alpha value is -1.12. The lowest BCUT2D eigenvalue weighted by Gasteiger charge is -1.97. The van der Waals surface area contributed by atoms with Crippen LogP contribution in [0.1, 0.15) is 20.8 Å². The molecule has 0 saturated carbocycles. The van der Waals surface area contributed by atoms with Crippen LogP contribution in [0.2, 0.25) is 0 Å². The van der Waals surface area contributed by atoms with Crippen molar-refractivity contribution in [2.45, 2.75) is 20.8 Å². The average Bonchev–Trinajstić information content (AvgIpc) is 1.82. The van der Waals surface area contributed by atoms with Crippen molar-refractivity contribution in [2.75, 3.05) is 0 Å². The second kappa shape index (κ2) is 3.82. The maximum Gasteiger partial charge on any atom is 0.175 e. The first-order valence-corrected chi connectivity index (χ1v) is 3.00. The van der Waals surface area contributed by atoms with Crippen molar-refractivity contribution in [1.82, 2.24) is 5.43 Å². The van der Waals surface area contributed by atoms with E-state index < -0.39 is 0 Å². The van der Waals surface area contributed by atoms with Gasteiger partial charge in [-0.2, -0.15) is 5.10 Å². The SMILES string of the molecule is C=C(C)NN=C(C)C(C)=O. The van der Waals surface area contributed by atoms with Crippen LogP contribution in [0.25, 0.3) is 0 Å². The van der Waals surface area contributed by atoms with E-state index in [1.807, 2.05) is 0 Å². The molecule has 0 radical (unpaired) electrons. The number of carbonyl (C=O) groups excluding carboxylic acids is 1. The lowest BCUT2D eigenvalue weighted by Crippen LogP contribution is -2.11. The van der Waals surface area contributed by atoms with Crippen molar-refractivity contribution in [2.24, 2.45) is 5.10 Å². The molecule has 0 aliphatic heterocycles. The van der Waals surface area contributed by atoms with E-state index in [9.17, 15) is 4.79 Å². The lowest BCUT2D eigenvalue weighted by atomic mass is 10.3. The fraction of sp³-hybridized carbons (Fsp3) is 0.429. The minimum Gasteiger partial charge on any atom is -0.293 e. The fourth-order valence-corrected chi connectivity index (χ4v) is 0.258. The number of hydrogen-bond acceptors (Lipinski definition) is 3. The molecular formula is C7H12N2O. The summed E-state index contributed by atoms with van der Waals surface area (Å²) in [4.78, 5) is 10.6. The van der Waals surface area contributed by atoms with E-state index in [2.05, 4.69) is 17.1 Å². The zero-order valence-corrected chi connectivity index (χ0v) is 6.56. The van der Waals surface area contributed by atoms with Gasteiger partial charge in [-0.1, -0.05) is 6.58 Å². The summed E-state index contributed by atoms with van der Waals surface area (Å²) in [6.45, 7) is 8.45. The summed E-state index contributed by atoms with van der Waals surface area (Å²) in [5, 5.41) is 3.74. The highest BCUT2D eigenvalue weighted by Gasteiger charge is 1.95. The number of Topliss-reactive ketones (excluding diaryl/α,β-unsaturated/α-hetero) is 1. The molecule has 0 fully saturated rings. The van der Waals surface area contributed by atoms with Gasteiger partial charge in [-0.15, -0.1) is 0 Å². The van der Waals surface area contributed by atoms with Gasteiger partial charge in [0.25, 0.3) is 0 Å². The van der Waals surface area contributed by atoms with Gasteiger partial charge in [-0.25, -0.2) is 0 Å². The zero-order chi connectivity index (χ0) is 8.15. The van der Waals surface area contributed by atoms with Crippen LogP contribution in [0.3, 0.4) is 0 Å². The first-order valence-electron chi connectivity index (χ1n) is 3.00. The highest BCUT2D eigenvalue weighted by molar-refractivity contribution is 6.37. The highest BCUT2D eigenvalue weighted by Crippen LogP contribution is 1.81.